The standard InChI is InChI=1S/C12H11N5O/c1-17-6-5-15-12(17)10-9(11(13)18-16-10)8-3-2-4-14-7-8/h2-7H,13H2,1H3. The Kier molecular flexibility index (Phi) is 2.33. The summed E-state index contributed by atoms with van der Waals surface area (Å²) < 4.78 is 6.93. The first-order valence-corrected chi connectivity index (χ1v) is 5.40. The topological polar surface area (TPSA) is 82.8 Å². The van der Waals surface area contributed by atoms with Crippen molar-refractivity contribution in [3.05, 3.63) is 36.9 Å². The predicted molar refractivity (Wildman–Crippen MR) is 66.3 cm³/mol. The van der Waals surface area contributed by atoms with E-state index in [0.717, 1.165) is 11.1 Å². The van der Waals surface area contributed by atoms with Crippen LogP contribution in [0.4, 0.5) is 5.88 Å². The fourth-order valence-corrected chi connectivity index (χ4v) is 1.84. The summed E-state index contributed by atoms with van der Waals surface area (Å²) >= 11 is 0. The van der Waals surface area contributed by atoms with Gasteiger partial charge in [-0.05, 0) is 6.07 Å². The molecular formula is C12H11N5O. The van der Waals surface area contributed by atoms with E-state index in [1.165, 1.54) is 0 Å². The van der Waals surface area contributed by atoms with E-state index in [1.807, 2.05) is 29.9 Å². The maximum Gasteiger partial charge on any atom is 0.230 e. The number of imidazole rings is 1. The highest BCUT2D eigenvalue weighted by Gasteiger charge is 2.20. The van der Waals surface area contributed by atoms with Crippen LogP contribution in [0.15, 0.2) is 41.4 Å². The van der Waals surface area contributed by atoms with E-state index in [2.05, 4.69) is 15.1 Å². The lowest BCUT2D eigenvalue weighted by atomic mass is 10.1. The van der Waals surface area contributed by atoms with Crippen LogP contribution in [0.3, 0.4) is 0 Å². The lowest BCUT2D eigenvalue weighted by Gasteiger charge is -2.01. The molecule has 0 aliphatic carbocycles. The van der Waals surface area contributed by atoms with E-state index in [9.17, 15) is 0 Å². The van der Waals surface area contributed by atoms with Crippen molar-refractivity contribution in [2.45, 2.75) is 0 Å². The normalized spacial score (nSPS) is 10.7. The highest BCUT2D eigenvalue weighted by atomic mass is 16.5. The number of pyridine rings is 1. The zero-order chi connectivity index (χ0) is 12.5. The molecule has 0 unspecified atom stereocenters. The van der Waals surface area contributed by atoms with Crippen molar-refractivity contribution in [1.82, 2.24) is 19.7 Å². The molecule has 3 heterocycles. The molecule has 0 amide bonds. The van der Waals surface area contributed by atoms with Gasteiger partial charge in [0.05, 0.1) is 5.56 Å². The molecule has 2 N–H and O–H groups in total. The van der Waals surface area contributed by atoms with Gasteiger partial charge in [0, 0.05) is 37.4 Å². The van der Waals surface area contributed by atoms with E-state index in [0.29, 0.717) is 11.5 Å². The molecule has 0 saturated carbocycles. The van der Waals surface area contributed by atoms with Gasteiger partial charge in [-0.25, -0.2) is 4.98 Å². The molecule has 0 spiro atoms. The Morgan fingerprint density at radius 1 is 1.33 bits per heavy atom. The largest absolute Gasteiger partial charge is 0.367 e. The van der Waals surface area contributed by atoms with Crippen molar-refractivity contribution in [3.8, 4) is 22.6 Å². The number of nitrogens with two attached hydrogens (primary N) is 1. The Labute approximate surface area is 103 Å². The van der Waals surface area contributed by atoms with Crippen LogP contribution >= 0.6 is 0 Å². The summed E-state index contributed by atoms with van der Waals surface area (Å²) in [5.41, 5.74) is 8.03. The summed E-state index contributed by atoms with van der Waals surface area (Å²) in [5, 5.41) is 3.98. The summed E-state index contributed by atoms with van der Waals surface area (Å²) in [5.74, 6) is 0.968. The smallest absolute Gasteiger partial charge is 0.230 e. The van der Waals surface area contributed by atoms with Gasteiger partial charge in [-0.1, -0.05) is 11.2 Å². The van der Waals surface area contributed by atoms with Crippen LogP contribution in [-0.2, 0) is 7.05 Å². The minimum Gasteiger partial charge on any atom is -0.367 e. The first kappa shape index (κ1) is 10.5. The Balaban J connectivity index is 2.22. The molecule has 0 fully saturated rings. The fraction of sp³-hybridized carbons (Fsp3) is 0.0833. The van der Waals surface area contributed by atoms with Gasteiger partial charge in [0.25, 0.3) is 0 Å². The van der Waals surface area contributed by atoms with Crippen LogP contribution in [0.2, 0.25) is 0 Å². The molecular weight excluding hydrogens is 230 g/mol. The first-order valence-electron chi connectivity index (χ1n) is 5.40. The molecule has 6 heteroatoms. The molecule has 0 saturated heterocycles. The number of aryl methyl sites for hydroxylation is 1. The summed E-state index contributed by atoms with van der Waals surface area (Å²) in [6.45, 7) is 0. The number of rotatable bonds is 2. The number of hydrogen-bond acceptors (Lipinski definition) is 5. The molecule has 0 aliphatic rings. The van der Waals surface area contributed by atoms with Crippen molar-refractivity contribution in [2.75, 3.05) is 5.73 Å². The maximum atomic E-state index is 5.84. The lowest BCUT2D eigenvalue weighted by Crippen LogP contribution is -1.94. The highest BCUT2D eigenvalue weighted by Crippen LogP contribution is 2.34. The summed E-state index contributed by atoms with van der Waals surface area (Å²) in [7, 11) is 1.89. The third-order valence-corrected chi connectivity index (χ3v) is 2.70. The van der Waals surface area contributed by atoms with Gasteiger partial charge in [0.15, 0.2) is 11.5 Å². The molecule has 3 rings (SSSR count). The van der Waals surface area contributed by atoms with Crippen LogP contribution in [-0.4, -0.2) is 19.7 Å². The molecule has 0 aliphatic heterocycles. The lowest BCUT2D eigenvalue weighted by molar-refractivity contribution is 0.438. The van der Waals surface area contributed by atoms with Crippen molar-refractivity contribution in [2.24, 2.45) is 7.05 Å². The van der Waals surface area contributed by atoms with Crippen LogP contribution in [0.1, 0.15) is 0 Å². The fourth-order valence-electron chi connectivity index (χ4n) is 1.84. The van der Waals surface area contributed by atoms with Crippen molar-refractivity contribution >= 4 is 5.88 Å². The third-order valence-electron chi connectivity index (χ3n) is 2.70. The van der Waals surface area contributed by atoms with Crippen LogP contribution in [0, 0.1) is 0 Å². The minimum atomic E-state index is 0.265. The second-order valence-corrected chi connectivity index (χ2v) is 3.87. The molecule has 0 aromatic carbocycles. The molecule has 6 nitrogen and oxygen atoms in total. The van der Waals surface area contributed by atoms with E-state index < -0.39 is 0 Å². The molecule has 90 valence electrons. The van der Waals surface area contributed by atoms with Crippen LogP contribution in [0.25, 0.3) is 22.6 Å². The second-order valence-electron chi connectivity index (χ2n) is 3.87. The highest BCUT2D eigenvalue weighted by molar-refractivity contribution is 5.84. The maximum absolute atomic E-state index is 5.84. The number of anilines is 1. The zero-order valence-electron chi connectivity index (χ0n) is 9.74. The van der Waals surface area contributed by atoms with Crippen LogP contribution < -0.4 is 5.73 Å². The SMILES string of the molecule is Cn1ccnc1-c1noc(N)c1-c1cccnc1. The molecule has 0 atom stereocenters. The molecule has 3 aromatic heterocycles. The quantitative estimate of drug-likeness (QED) is 0.738. The van der Waals surface area contributed by atoms with Gasteiger partial charge in [-0.2, -0.15) is 0 Å². The predicted octanol–water partition coefficient (Wildman–Crippen LogP) is 1.72. The molecule has 0 bridgehead atoms. The number of nitrogen functional groups attached to an aromatic ring is 1. The van der Waals surface area contributed by atoms with E-state index >= 15 is 0 Å². The first-order chi connectivity index (χ1) is 8.77. The van der Waals surface area contributed by atoms with Crippen molar-refractivity contribution in [1.29, 1.82) is 0 Å². The van der Waals surface area contributed by atoms with Gasteiger partial charge in [0.1, 0.15) is 0 Å². The Bertz CT molecular complexity index is 671. The van der Waals surface area contributed by atoms with E-state index in [4.69, 9.17) is 10.3 Å². The average molecular weight is 241 g/mol. The number of nitrogens with zero attached hydrogens (tertiary/aromatic N) is 4. The van der Waals surface area contributed by atoms with Gasteiger partial charge >= 0.3 is 0 Å². The molecule has 3 aromatic rings. The van der Waals surface area contributed by atoms with Crippen molar-refractivity contribution < 1.29 is 4.52 Å². The summed E-state index contributed by atoms with van der Waals surface area (Å²) in [6, 6.07) is 3.74. The van der Waals surface area contributed by atoms with Gasteiger partial charge in [-0.3, -0.25) is 4.98 Å². The third kappa shape index (κ3) is 1.55. The average Bonchev–Trinajstić information content (AvgIpc) is 2.96. The van der Waals surface area contributed by atoms with Crippen LogP contribution in [0.5, 0.6) is 0 Å². The van der Waals surface area contributed by atoms with Gasteiger partial charge in [0.2, 0.25) is 5.88 Å². The molecule has 18 heavy (non-hydrogen) atoms. The van der Waals surface area contributed by atoms with E-state index in [-0.39, 0.29) is 5.88 Å². The van der Waals surface area contributed by atoms with E-state index in [1.54, 1.807) is 18.6 Å². The number of aromatic nitrogens is 4. The monoisotopic (exact) mass is 241 g/mol. The molecule has 0 radical (unpaired) electrons. The minimum absolute atomic E-state index is 0.265. The summed E-state index contributed by atoms with van der Waals surface area (Å²) in [6.07, 6.45) is 6.96. The Morgan fingerprint density at radius 3 is 2.89 bits per heavy atom. The Hall–Kier alpha value is -2.63. The van der Waals surface area contributed by atoms with Gasteiger partial charge in [-0.15, -0.1) is 0 Å². The zero-order valence-corrected chi connectivity index (χ0v) is 9.74. The summed E-state index contributed by atoms with van der Waals surface area (Å²) in [4.78, 5) is 8.32. The second kappa shape index (κ2) is 3.99. The Morgan fingerprint density at radius 2 is 2.22 bits per heavy atom. The van der Waals surface area contributed by atoms with Crippen molar-refractivity contribution in [3.63, 3.8) is 0 Å². The van der Waals surface area contributed by atoms with Gasteiger partial charge < -0.3 is 14.8 Å². The number of hydrogen-bond donors (Lipinski definition) is 1.